The Labute approximate surface area is 152 Å². The van der Waals surface area contributed by atoms with E-state index in [2.05, 4.69) is 5.32 Å². The molecule has 26 heavy (non-hydrogen) atoms. The summed E-state index contributed by atoms with van der Waals surface area (Å²) in [6, 6.07) is 5.10. The zero-order valence-electron chi connectivity index (χ0n) is 15.1. The van der Waals surface area contributed by atoms with Crippen LogP contribution < -0.4 is 14.8 Å². The number of methoxy groups -OCH3 is 2. The average molecular weight is 360 g/mol. The van der Waals surface area contributed by atoms with Crippen molar-refractivity contribution in [2.75, 3.05) is 26.1 Å². The molecule has 0 unspecified atom stereocenters. The zero-order chi connectivity index (χ0) is 18.7. The number of nitrogens with zero attached hydrogens (tertiary/aromatic N) is 1. The molecule has 1 aromatic rings. The number of carbonyl (C=O) groups is 3. The van der Waals surface area contributed by atoms with Gasteiger partial charge in [-0.2, -0.15) is 0 Å². The van der Waals surface area contributed by atoms with Crippen LogP contribution in [0.3, 0.4) is 0 Å². The first-order valence-corrected chi connectivity index (χ1v) is 8.92. The molecule has 0 spiro atoms. The highest BCUT2D eigenvalue weighted by atomic mass is 16.5. The highest BCUT2D eigenvalue weighted by Gasteiger charge is 2.47. The van der Waals surface area contributed by atoms with Crippen LogP contribution >= 0.6 is 0 Å². The maximum Gasteiger partial charge on any atom is 0.233 e. The molecule has 2 fully saturated rings. The molecule has 1 N–H and O–H groups in total. The molecule has 3 amide bonds. The summed E-state index contributed by atoms with van der Waals surface area (Å²) < 4.78 is 10.4. The van der Waals surface area contributed by atoms with E-state index in [9.17, 15) is 14.4 Å². The SMILES string of the molecule is COc1ccc(OC)c(NC(=O)CCN2C(=O)[C@@H]3CCCC[C@H]3C2=O)c1. The molecule has 2 atom stereocenters. The van der Waals surface area contributed by atoms with Crippen LogP contribution in [0, 0.1) is 11.8 Å². The van der Waals surface area contributed by atoms with E-state index >= 15 is 0 Å². The Kier molecular flexibility index (Phi) is 5.44. The van der Waals surface area contributed by atoms with E-state index < -0.39 is 0 Å². The first-order valence-electron chi connectivity index (χ1n) is 8.92. The number of hydrogen-bond acceptors (Lipinski definition) is 5. The molecule has 2 aliphatic rings. The highest BCUT2D eigenvalue weighted by molar-refractivity contribution is 6.05. The van der Waals surface area contributed by atoms with Crippen LogP contribution in [0.5, 0.6) is 11.5 Å². The Morgan fingerprint density at radius 2 is 1.77 bits per heavy atom. The van der Waals surface area contributed by atoms with Crippen molar-refractivity contribution in [3.63, 3.8) is 0 Å². The first-order chi connectivity index (χ1) is 12.5. The average Bonchev–Trinajstić information content (AvgIpc) is 2.91. The second-order valence-corrected chi connectivity index (χ2v) is 6.69. The minimum atomic E-state index is -0.285. The van der Waals surface area contributed by atoms with E-state index in [0.717, 1.165) is 25.7 Å². The van der Waals surface area contributed by atoms with Gasteiger partial charge in [-0.15, -0.1) is 0 Å². The lowest BCUT2D eigenvalue weighted by atomic mass is 9.81. The van der Waals surface area contributed by atoms with Gasteiger partial charge in [-0.3, -0.25) is 19.3 Å². The Balaban J connectivity index is 1.61. The van der Waals surface area contributed by atoms with Gasteiger partial charge in [-0.25, -0.2) is 0 Å². The van der Waals surface area contributed by atoms with Gasteiger partial charge in [-0.1, -0.05) is 12.8 Å². The summed E-state index contributed by atoms with van der Waals surface area (Å²) in [6.45, 7) is 0.114. The minimum absolute atomic E-state index is 0.0529. The molecule has 1 aliphatic carbocycles. The third kappa shape index (κ3) is 3.52. The molecule has 7 nitrogen and oxygen atoms in total. The summed E-state index contributed by atoms with van der Waals surface area (Å²) in [5, 5.41) is 2.76. The number of rotatable bonds is 6. The smallest absolute Gasteiger partial charge is 0.233 e. The van der Waals surface area contributed by atoms with Crippen molar-refractivity contribution >= 4 is 23.4 Å². The van der Waals surface area contributed by atoms with Gasteiger partial charge in [0.1, 0.15) is 11.5 Å². The van der Waals surface area contributed by atoms with Crippen molar-refractivity contribution in [2.45, 2.75) is 32.1 Å². The number of nitrogens with one attached hydrogen (secondary N) is 1. The van der Waals surface area contributed by atoms with Crippen LogP contribution in [0.2, 0.25) is 0 Å². The molecule has 1 aromatic carbocycles. The summed E-state index contributed by atoms with van der Waals surface area (Å²) in [5.41, 5.74) is 0.490. The summed E-state index contributed by atoms with van der Waals surface area (Å²) in [6.07, 6.45) is 3.59. The lowest BCUT2D eigenvalue weighted by Gasteiger charge is -2.19. The van der Waals surface area contributed by atoms with Crippen LogP contribution in [-0.2, 0) is 14.4 Å². The van der Waals surface area contributed by atoms with Gasteiger partial charge in [-0.05, 0) is 25.0 Å². The van der Waals surface area contributed by atoms with Crippen LogP contribution in [0.25, 0.3) is 0 Å². The molecule has 0 bridgehead atoms. The van der Waals surface area contributed by atoms with Crippen molar-refractivity contribution in [3.8, 4) is 11.5 Å². The first kappa shape index (κ1) is 18.2. The zero-order valence-corrected chi connectivity index (χ0v) is 15.1. The molecule has 7 heteroatoms. The van der Waals surface area contributed by atoms with Crippen LogP contribution in [-0.4, -0.2) is 43.4 Å². The predicted molar refractivity (Wildman–Crippen MR) is 95.0 cm³/mol. The normalized spacial score (nSPS) is 22.2. The number of likely N-dealkylation sites (tertiary alicyclic amines) is 1. The molecule has 140 valence electrons. The summed E-state index contributed by atoms with van der Waals surface area (Å²) in [4.78, 5) is 38.5. The Bertz CT molecular complexity index is 694. The van der Waals surface area contributed by atoms with Gasteiger partial charge in [0.25, 0.3) is 0 Å². The number of benzene rings is 1. The maximum absolute atomic E-state index is 12.4. The van der Waals surface area contributed by atoms with E-state index in [1.54, 1.807) is 18.2 Å². The van der Waals surface area contributed by atoms with Gasteiger partial charge in [0, 0.05) is 19.0 Å². The van der Waals surface area contributed by atoms with E-state index in [1.165, 1.54) is 19.1 Å². The number of hydrogen-bond donors (Lipinski definition) is 1. The molecule has 0 aromatic heterocycles. The number of ether oxygens (including phenoxy) is 2. The fourth-order valence-corrected chi connectivity index (χ4v) is 3.79. The number of carbonyl (C=O) groups excluding carboxylic acids is 3. The monoisotopic (exact) mass is 360 g/mol. The fourth-order valence-electron chi connectivity index (χ4n) is 3.79. The number of anilines is 1. The second-order valence-electron chi connectivity index (χ2n) is 6.69. The Hall–Kier alpha value is -2.57. The molecular weight excluding hydrogens is 336 g/mol. The highest BCUT2D eigenvalue weighted by Crippen LogP contribution is 2.38. The second kappa shape index (κ2) is 7.76. The maximum atomic E-state index is 12.4. The van der Waals surface area contributed by atoms with Gasteiger partial charge in [0.05, 0.1) is 31.7 Å². The summed E-state index contributed by atoms with van der Waals surface area (Å²) in [5.74, 6) is 0.217. The quantitative estimate of drug-likeness (QED) is 0.786. The molecule has 1 aliphatic heterocycles. The van der Waals surface area contributed by atoms with Crippen LogP contribution in [0.1, 0.15) is 32.1 Å². The number of amides is 3. The molecule has 1 saturated carbocycles. The van der Waals surface area contributed by atoms with Gasteiger partial charge >= 0.3 is 0 Å². The Morgan fingerprint density at radius 3 is 2.35 bits per heavy atom. The lowest BCUT2D eigenvalue weighted by Crippen LogP contribution is -2.34. The van der Waals surface area contributed by atoms with Gasteiger partial charge < -0.3 is 14.8 Å². The minimum Gasteiger partial charge on any atom is -0.497 e. The molecule has 0 radical (unpaired) electrons. The summed E-state index contributed by atoms with van der Waals surface area (Å²) >= 11 is 0. The van der Waals surface area contributed by atoms with E-state index in [4.69, 9.17) is 9.47 Å². The van der Waals surface area contributed by atoms with Crippen LogP contribution in [0.15, 0.2) is 18.2 Å². The largest absolute Gasteiger partial charge is 0.497 e. The van der Waals surface area contributed by atoms with Crippen molar-refractivity contribution in [3.05, 3.63) is 18.2 Å². The van der Waals surface area contributed by atoms with E-state index in [1.807, 2.05) is 0 Å². The van der Waals surface area contributed by atoms with Crippen molar-refractivity contribution in [1.82, 2.24) is 4.90 Å². The standard InChI is InChI=1S/C19H24N2O5/c1-25-12-7-8-16(26-2)15(11-12)20-17(22)9-10-21-18(23)13-5-3-4-6-14(13)19(21)24/h7-8,11,13-14H,3-6,9-10H2,1-2H3,(H,20,22)/t13-,14-/m1/s1. The molecule has 1 saturated heterocycles. The lowest BCUT2D eigenvalue weighted by molar-refractivity contribution is -0.140. The Morgan fingerprint density at radius 1 is 1.12 bits per heavy atom. The predicted octanol–water partition coefficient (Wildman–Crippen LogP) is 2.21. The van der Waals surface area contributed by atoms with Crippen molar-refractivity contribution < 1.29 is 23.9 Å². The van der Waals surface area contributed by atoms with Crippen LogP contribution in [0.4, 0.5) is 5.69 Å². The third-order valence-corrected chi connectivity index (χ3v) is 5.18. The van der Waals surface area contributed by atoms with E-state index in [-0.39, 0.29) is 42.5 Å². The number of fused-ring (bicyclic) bond motifs is 1. The topological polar surface area (TPSA) is 84.9 Å². The summed E-state index contributed by atoms with van der Waals surface area (Å²) in [7, 11) is 3.05. The van der Waals surface area contributed by atoms with Crippen molar-refractivity contribution in [2.24, 2.45) is 11.8 Å². The molecule has 1 heterocycles. The molecule has 3 rings (SSSR count). The van der Waals surface area contributed by atoms with Crippen molar-refractivity contribution in [1.29, 1.82) is 0 Å². The third-order valence-electron chi connectivity index (χ3n) is 5.18. The van der Waals surface area contributed by atoms with Gasteiger partial charge in [0.15, 0.2) is 0 Å². The fraction of sp³-hybridized carbons (Fsp3) is 0.526. The molecular formula is C19H24N2O5. The number of imide groups is 1. The van der Waals surface area contributed by atoms with E-state index in [0.29, 0.717) is 17.2 Å². The van der Waals surface area contributed by atoms with Gasteiger partial charge in [0.2, 0.25) is 17.7 Å².